The fraction of sp³-hybridized carbons (Fsp3) is 0.293. The molecule has 3 aromatic carbocycles. The van der Waals surface area contributed by atoms with Crippen LogP contribution < -0.4 is 19.9 Å². The molecular weight excluding hydrogens is 678 g/mol. The minimum Gasteiger partial charge on any atom is -0.496 e. The minimum atomic E-state index is -0.847. The van der Waals surface area contributed by atoms with Crippen LogP contribution in [0.5, 0.6) is 23.1 Å². The quantitative estimate of drug-likeness (QED) is 0.136. The normalized spacial score (nSPS) is 15.6. The lowest BCUT2D eigenvalue weighted by Gasteiger charge is -2.36. The average Bonchev–Trinajstić information content (AvgIpc) is 3.94. The summed E-state index contributed by atoms with van der Waals surface area (Å²) in [7, 11) is 1.65. The Morgan fingerprint density at radius 2 is 1.66 bits per heavy atom. The largest absolute Gasteiger partial charge is 0.496 e. The number of para-hydroxylation sites is 2. The summed E-state index contributed by atoms with van der Waals surface area (Å²) in [5.41, 5.74) is 10.6. The number of piperidine rings is 1. The predicted octanol–water partition coefficient (Wildman–Crippen LogP) is 8.40. The molecule has 2 fully saturated rings. The van der Waals surface area contributed by atoms with Gasteiger partial charge >= 0.3 is 0 Å². The van der Waals surface area contributed by atoms with Crippen LogP contribution in [0.2, 0.25) is 0 Å². The topological polar surface area (TPSA) is 121 Å². The number of benzene rings is 3. The van der Waals surface area contributed by atoms with Crippen molar-refractivity contribution in [2.75, 3.05) is 25.9 Å². The molecule has 0 spiro atoms. The molecule has 8 rings (SSSR count). The first-order chi connectivity index (χ1) is 25.8. The molecule has 0 amide bonds. The van der Waals surface area contributed by atoms with Crippen molar-refractivity contribution in [1.82, 2.24) is 24.6 Å². The van der Waals surface area contributed by atoms with E-state index in [4.69, 9.17) is 19.9 Å². The number of nitrogens with zero attached hydrogens (tertiary/aromatic N) is 4. The highest BCUT2D eigenvalue weighted by Crippen LogP contribution is 2.41. The maximum atomic E-state index is 14.1. The molecular formula is C41H40F2N6O4. The van der Waals surface area contributed by atoms with E-state index in [-0.39, 0.29) is 29.1 Å². The van der Waals surface area contributed by atoms with Crippen LogP contribution in [0, 0.1) is 18.6 Å². The van der Waals surface area contributed by atoms with Gasteiger partial charge in [0.15, 0.2) is 11.6 Å². The lowest BCUT2D eigenvalue weighted by Crippen LogP contribution is -2.43. The molecule has 272 valence electrons. The maximum absolute atomic E-state index is 14.1. The van der Waals surface area contributed by atoms with Crippen LogP contribution in [0.4, 0.5) is 14.6 Å². The highest BCUT2D eigenvalue weighted by Gasteiger charge is 2.29. The Morgan fingerprint density at radius 1 is 0.906 bits per heavy atom. The lowest BCUT2D eigenvalue weighted by molar-refractivity contribution is 0.0772. The fourth-order valence-corrected chi connectivity index (χ4v) is 7.62. The number of fused-ring (bicyclic) bond motifs is 1. The first-order valence-corrected chi connectivity index (χ1v) is 18.0. The van der Waals surface area contributed by atoms with Gasteiger partial charge in [-0.1, -0.05) is 37.1 Å². The van der Waals surface area contributed by atoms with Crippen LogP contribution in [0.1, 0.15) is 60.1 Å². The summed E-state index contributed by atoms with van der Waals surface area (Å²) in [6.45, 7) is 3.81. The van der Waals surface area contributed by atoms with E-state index in [1.165, 1.54) is 54.9 Å². The Morgan fingerprint density at radius 3 is 2.40 bits per heavy atom. The molecule has 1 aliphatic carbocycles. The number of aromatic nitrogens is 4. The minimum absolute atomic E-state index is 0.0132. The Labute approximate surface area is 305 Å². The van der Waals surface area contributed by atoms with E-state index in [1.807, 2.05) is 36.4 Å². The zero-order valence-corrected chi connectivity index (χ0v) is 29.6. The summed E-state index contributed by atoms with van der Waals surface area (Å²) in [4.78, 5) is 24.1. The van der Waals surface area contributed by atoms with Gasteiger partial charge in [-0.25, -0.2) is 18.4 Å². The van der Waals surface area contributed by atoms with E-state index in [2.05, 4.69) is 20.0 Å². The first-order valence-electron chi connectivity index (χ1n) is 18.0. The standard InChI is InChI=1S/C41H40F2N6O4/c1-24-18-38(53-40-31(42)11-7-12-32(40)43)45-23-35(24)49-41(44)30(22-46-49)39(50)34-19-25-20-37(52-27-14-16-48(17-15-27)26-8-3-4-9-26)29(21-33(25)47-34)28-10-5-6-13-36(28)51-2/h5-7,10-13,18-23,26-27,47H,3-4,8-9,14-17,44H2,1-2H3. The monoisotopic (exact) mass is 718 g/mol. The van der Waals surface area contributed by atoms with Gasteiger partial charge < -0.3 is 29.8 Å². The van der Waals surface area contributed by atoms with Crippen molar-refractivity contribution in [2.45, 2.75) is 57.6 Å². The van der Waals surface area contributed by atoms with E-state index in [1.54, 1.807) is 20.1 Å². The van der Waals surface area contributed by atoms with Gasteiger partial charge in [0.1, 0.15) is 23.4 Å². The molecule has 0 bridgehead atoms. The van der Waals surface area contributed by atoms with Gasteiger partial charge in [-0.2, -0.15) is 5.10 Å². The number of pyridine rings is 1. The third-order valence-electron chi connectivity index (χ3n) is 10.4. The number of rotatable bonds is 10. The maximum Gasteiger partial charge on any atom is 0.219 e. The molecule has 1 aliphatic heterocycles. The van der Waals surface area contributed by atoms with Gasteiger partial charge in [0.25, 0.3) is 0 Å². The molecule has 53 heavy (non-hydrogen) atoms. The van der Waals surface area contributed by atoms with E-state index in [0.29, 0.717) is 23.0 Å². The van der Waals surface area contributed by atoms with Crippen molar-refractivity contribution in [3.63, 3.8) is 0 Å². The summed E-state index contributed by atoms with van der Waals surface area (Å²) >= 11 is 0. The third kappa shape index (κ3) is 6.70. The number of aryl methyl sites for hydroxylation is 1. The van der Waals surface area contributed by atoms with Gasteiger partial charge in [0.05, 0.1) is 36.4 Å². The van der Waals surface area contributed by atoms with Gasteiger partial charge in [-0.3, -0.25) is 4.79 Å². The summed E-state index contributed by atoms with van der Waals surface area (Å²) in [6.07, 6.45) is 10.0. The molecule has 0 atom stereocenters. The molecule has 4 heterocycles. The molecule has 0 radical (unpaired) electrons. The van der Waals surface area contributed by atoms with E-state index >= 15 is 0 Å². The SMILES string of the molecule is COc1ccccc1-c1cc2[nH]c(C(=O)c3cnn(-c4cnc(Oc5c(F)cccc5F)cc4C)c3N)cc2cc1OC1CCN(C2CCCC2)CC1. The number of hydrogen-bond donors (Lipinski definition) is 2. The van der Waals surface area contributed by atoms with E-state index in [9.17, 15) is 13.6 Å². The molecule has 3 aromatic heterocycles. The van der Waals surface area contributed by atoms with Gasteiger partial charge in [-0.05, 0) is 74.6 Å². The molecule has 3 N–H and O–H groups in total. The summed E-state index contributed by atoms with van der Waals surface area (Å²) in [5.74, 6) is -1.04. The third-order valence-corrected chi connectivity index (χ3v) is 10.4. The Kier molecular flexibility index (Phi) is 9.30. The molecule has 10 nitrogen and oxygen atoms in total. The van der Waals surface area contributed by atoms with Crippen LogP contribution in [0.15, 0.2) is 79.1 Å². The predicted molar refractivity (Wildman–Crippen MR) is 198 cm³/mol. The first kappa shape index (κ1) is 34.3. The average molecular weight is 719 g/mol. The van der Waals surface area contributed by atoms with Gasteiger partial charge in [0, 0.05) is 47.2 Å². The summed E-state index contributed by atoms with van der Waals surface area (Å²) < 4.78 is 47.6. The highest BCUT2D eigenvalue weighted by molar-refractivity contribution is 6.13. The fourth-order valence-electron chi connectivity index (χ4n) is 7.62. The van der Waals surface area contributed by atoms with E-state index < -0.39 is 17.4 Å². The van der Waals surface area contributed by atoms with Crippen LogP contribution >= 0.6 is 0 Å². The number of likely N-dealkylation sites (tertiary alicyclic amines) is 1. The second-order valence-corrected chi connectivity index (χ2v) is 13.8. The Balaban J connectivity index is 1.07. The second kappa shape index (κ2) is 14.3. The number of halogens is 2. The number of hydrogen-bond acceptors (Lipinski definition) is 8. The number of nitrogen functional groups attached to an aromatic ring is 1. The number of aromatic amines is 1. The number of ether oxygens (including phenoxy) is 3. The molecule has 2 aliphatic rings. The van der Waals surface area contributed by atoms with Crippen molar-refractivity contribution in [3.8, 4) is 39.9 Å². The lowest BCUT2D eigenvalue weighted by atomic mass is 10.0. The summed E-state index contributed by atoms with van der Waals surface area (Å²) in [6, 6.07) is 19.3. The van der Waals surface area contributed by atoms with Crippen LogP contribution in [-0.4, -0.2) is 62.8 Å². The number of methoxy groups -OCH3 is 1. The number of nitrogens with two attached hydrogens (primary N) is 1. The van der Waals surface area contributed by atoms with Crippen molar-refractivity contribution in [1.29, 1.82) is 0 Å². The van der Waals surface area contributed by atoms with Gasteiger partial charge in [0.2, 0.25) is 17.4 Å². The summed E-state index contributed by atoms with van der Waals surface area (Å²) in [5, 5.41) is 5.21. The number of carbonyl (C=O) groups is 1. The zero-order valence-electron chi connectivity index (χ0n) is 29.6. The highest BCUT2D eigenvalue weighted by atomic mass is 19.1. The van der Waals surface area contributed by atoms with Crippen LogP contribution in [0.25, 0.3) is 27.7 Å². The van der Waals surface area contributed by atoms with Crippen LogP contribution in [-0.2, 0) is 0 Å². The smallest absolute Gasteiger partial charge is 0.219 e. The van der Waals surface area contributed by atoms with Crippen molar-refractivity contribution in [2.24, 2.45) is 0 Å². The molecule has 6 aromatic rings. The van der Waals surface area contributed by atoms with Crippen molar-refractivity contribution >= 4 is 22.5 Å². The Bertz CT molecular complexity index is 2290. The number of anilines is 1. The van der Waals surface area contributed by atoms with Crippen LogP contribution in [0.3, 0.4) is 0 Å². The van der Waals surface area contributed by atoms with E-state index in [0.717, 1.165) is 71.6 Å². The van der Waals surface area contributed by atoms with Gasteiger partial charge in [-0.15, -0.1) is 0 Å². The number of nitrogens with one attached hydrogen (secondary N) is 1. The molecule has 1 saturated heterocycles. The zero-order chi connectivity index (χ0) is 36.6. The number of ketones is 1. The molecule has 12 heteroatoms. The second-order valence-electron chi connectivity index (χ2n) is 13.8. The van der Waals surface area contributed by atoms with Crippen molar-refractivity contribution < 1.29 is 27.8 Å². The number of carbonyl (C=O) groups excluding carboxylic acids is 1. The number of H-pyrrole nitrogens is 1. The molecule has 0 unspecified atom stereocenters. The Hall–Kier alpha value is -5.75. The molecule has 1 saturated carbocycles. The van der Waals surface area contributed by atoms with Crippen molar-refractivity contribution in [3.05, 3.63) is 108 Å².